The molecule has 3 rings (SSSR count). The minimum absolute atomic E-state index is 0.0109. The molecule has 2 aromatic carbocycles. The molecule has 0 saturated heterocycles. The maximum Gasteiger partial charge on any atom is 0.244 e. The van der Waals surface area contributed by atoms with Crippen LogP contribution in [0.4, 0.5) is 17.1 Å². The topological polar surface area (TPSA) is 58.4 Å². The fourth-order valence-corrected chi connectivity index (χ4v) is 2.57. The van der Waals surface area contributed by atoms with Crippen LogP contribution in [0.25, 0.3) is 0 Å². The molecule has 4 nitrogen and oxygen atoms in total. The van der Waals surface area contributed by atoms with Crippen molar-refractivity contribution in [1.29, 1.82) is 0 Å². The highest BCUT2D eigenvalue weighted by molar-refractivity contribution is 6.03. The van der Waals surface area contributed by atoms with Crippen LogP contribution in [-0.2, 0) is 4.79 Å². The number of fused-ring (bicyclic) bond motifs is 1. The number of nitrogens with one attached hydrogen (secondary N) is 1. The number of nitrogens with zero attached hydrogens (tertiary/aromatic N) is 1. The number of amides is 1. The highest BCUT2D eigenvalue weighted by Crippen LogP contribution is 2.37. The Morgan fingerprint density at radius 2 is 1.75 bits per heavy atom. The lowest BCUT2D eigenvalue weighted by molar-refractivity contribution is -0.115. The van der Waals surface area contributed by atoms with Gasteiger partial charge in [0.05, 0.1) is 11.4 Å². The molecule has 1 aliphatic heterocycles. The largest absolute Gasteiger partial charge is 0.330 e. The van der Waals surface area contributed by atoms with E-state index in [1.54, 1.807) is 0 Å². The summed E-state index contributed by atoms with van der Waals surface area (Å²) in [7, 11) is 0. The summed E-state index contributed by atoms with van der Waals surface area (Å²) in [5, 5.41) is 2.90. The molecule has 0 fully saturated rings. The van der Waals surface area contributed by atoms with Crippen molar-refractivity contribution in [3.63, 3.8) is 0 Å². The van der Waals surface area contributed by atoms with E-state index in [4.69, 9.17) is 5.73 Å². The van der Waals surface area contributed by atoms with E-state index in [1.807, 2.05) is 60.4 Å². The van der Waals surface area contributed by atoms with E-state index in [0.29, 0.717) is 6.54 Å². The van der Waals surface area contributed by atoms with Crippen molar-refractivity contribution in [3.8, 4) is 0 Å². The van der Waals surface area contributed by atoms with Gasteiger partial charge in [-0.15, -0.1) is 0 Å². The third kappa shape index (κ3) is 2.14. The van der Waals surface area contributed by atoms with Crippen molar-refractivity contribution in [2.24, 2.45) is 5.73 Å². The molecule has 1 aliphatic rings. The van der Waals surface area contributed by atoms with Crippen molar-refractivity contribution in [3.05, 3.63) is 54.1 Å². The minimum Gasteiger partial charge on any atom is -0.330 e. The van der Waals surface area contributed by atoms with E-state index in [0.717, 1.165) is 22.6 Å². The minimum atomic E-state index is -0.0802. The summed E-state index contributed by atoms with van der Waals surface area (Å²) in [6, 6.07) is 15.7. The van der Waals surface area contributed by atoms with Crippen LogP contribution in [0.3, 0.4) is 0 Å². The van der Waals surface area contributed by atoms with Crippen LogP contribution in [0.5, 0.6) is 0 Å². The molecule has 102 valence electrons. The van der Waals surface area contributed by atoms with E-state index in [-0.39, 0.29) is 11.9 Å². The summed E-state index contributed by atoms with van der Waals surface area (Å²) < 4.78 is 0. The molecule has 0 saturated carbocycles. The van der Waals surface area contributed by atoms with Crippen molar-refractivity contribution in [2.75, 3.05) is 16.8 Å². The Hall–Kier alpha value is -2.33. The molecule has 0 aliphatic carbocycles. The maximum atomic E-state index is 11.9. The van der Waals surface area contributed by atoms with Gasteiger partial charge in [-0.05, 0) is 30.7 Å². The average Bonchev–Trinajstić information content (AvgIpc) is 2.46. The van der Waals surface area contributed by atoms with E-state index in [1.165, 1.54) is 0 Å². The van der Waals surface area contributed by atoms with Crippen LogP contribution >= 0.6 is 0 Å². The number of hydrogen-bond donors (Lipinski definition) is 2. The average molecular weight is 267 g/mol. The lowest BCUT2D eigenvalue weighted by atomic mass is 10.0. The zero-order chi connectivity index (χ0) is 14.1. The zero-order valence-corrected chi connectivity index (χ0v) is 11.3. The van der Waals surface area contributed by atoms with Crippen LogP contribution in [0.1, 0.15) is 18.5 Å². The van der Waals surface area contributed by atoms with Gasteiger partial charge in [-0.2, -0.15) is 0 Å². The Morgan fingerprint density at radius 1 is 1.10 bits per heavy atom. The number of hydrogen-bond acceptors (Lipinski definition) is 3. The molecule has 3 N–H and O–H groups in total. The molecule has 4 heteroatoms. The third-order valence-corrected chi connectivity index (χ3v) is 3.49. The first-order valence-electron chi connectivity index (χ1n) is 6.68. The molecule has 0 spiro atoms. The fraction of sp³-hybridized carbons (Fsp3) is 0.188. The van der Waals surface area contributed by atoms with E-state index >= 15 is 0 Å². The predicted octanol–water partition coefficient (Wildman–Crippen LogP) is 2.80. The number of carbonyl (C=O) groups is 1. The molecule has 1 amide bonds. The molecule has 1 atom stereocenters. The van der Waals surface area contributed by atoms with Gasteiger partial charge in [0.2, 0.25) is 5.91 Å². The van der Waals surface area contributed by atoms with Crippen LogP contribution in [0, 0.1) is 0 Å². The van der Waals surface area contributed by atoms with Gasteiger partial charge in [-0.25, -0.2) is 0 Å². The summed E-state index contributed by atoms with van der Waals surface area (Å²) in [5.41, 5.74) is 9.91. The first-order chi connectivity index (χ1) is 9.66. The summed E-state index contributed by atoms with van der Waals surface area (Å²) in [6.45, 7) is 2.26. The second-order valence-corrected chi connectivity index (χ2v) is 5.00. The molecule has 20 heavy (non-hydrogen) atoms. The Balaban J connectivity index is 2.13. The van der Waals surface area contributed by atoms with Crippen LogP contribution in [0.2, 0.25) is 0 Å². The van der Waals surface area contributed by atoms with Gasteiger partial charge >= 0.3 is 0 Å². The summed E-state index contributed by atoms with van der Waals surface area (Å²) >= 11 is 0. The monoisotopic (exact) mass is 267 g/mol. The SMILES string of the molecule is C[C@@H](N)c1ccccc1N1CC(=O)Nc2ccccc21. The highest BCUT2D eigenvalue weighted by Gasteiger charge is 2.24. The third-order valence-electron chi connectivity index (χ3n) is 3.49. The Labute approximate surface area is 118 Å². The van der Waals surface area contributed by atoms with Crippen molar-refractivity contribution >= 4 is 23.0 Å². The number of para-hydroxylation sites is 3. The predicted molar refractivity (Wildman–Crippen MR) is 81.1 cm³/mol. The van der Waals surface area contributed by atoms with Crippen molar-refractivity contribution in [1.82, 2.24) is 0 Å². The quantitative estimate of drug-likeness (QED) is 0.879. The van der Waals surface area contributed by atoms with Crippen LogP contribution in [-0.4, -0.2) is 12.5 Å². The maximum absolute atomic E-state index is 11.9. The fourth-order valence-electron chi connectivity index (χ4n) is 2.57. The number of benzene rings is 2. The second kappa shape index (κ2) is 4.98. The Kier molecular flexibility index (Phi) is 3.16. The van der Waals surface area contributed by atoms with E-state index < -0.39 is 0 Å². The van der Waals surface area contributed by atoms with Gasteiger partial charge in [0, 0.05) is 11.7 Å². The van der Waals surface area contributed by atoms with Crippen LogP contribution < -0.4 is 16.0 Å². The molecule has 2 aromatic rings. The molecule has 0 radical (unpaired) electrons. The Bertz CT molecular complexity index is 652. The first-order valence-corrected chi connectivity index (χ1v) is 6.68. The number of anilines is 3. The summed E-state index contributed by atoms with van der Waals surface area (Å²) in [6.07, 6.45) is 0. The highest BCUT2D eigenvalue weighted by atomic mass is 16.2. The van der Waals surface area contributed by atoms with E-state index in [9.17, 15) is 4.79 Å². The molecular weight excluding hydrogens is 250 g/mol. The van der Waals surface area contributed by atoms with Crippen LogP contribution in [0.15, 0.2) is 48.5 Å². The standard InChI is InChI=1S/C16H17N3O/c1-11(17)12-6-2-4-8-14(12)19-10-16(20)18-13-7-3-5-9-15(13)19/h2-9,11H,10,17H2,1H3,(H,18,20)/t11-/m1/s1. The van der Waals surface area contributed by atoms with Gasteiger partial charge in [0.1, 0.15) is 6.54 Å². The molecule has 0 bridgehead atoms. The van der Waals surface area contributed by atoms with E-state index in [2.05, 4.69) is 5.32 Å². The second-order valence-electron chi connectivity index (χ2n) is 5.00. The molecule has 0 unspecified atom stereocenters. The number of nitrogens with two attached hydrogens (primary N) is 1. The van der Waals surface area contributed by atoms with Gasteiger partial charge in [0.25, 0.3) is 0 Å². The Morgan fingerprint density at radius 3 is 2.50 bits per heavy atom. The molecule has 1 heterocycles. The molecular formula is C16H17N3O. The van der Waals surface area contributed by atoms with Crippen molar-refractivity contribution in [2.45, 2.75) is 13.0 Å². The first kappa shape index (κ1) is 12.7. The number of carbonyl (C=O) groups excluding carboxylic acids is 1. The number of rotatable bonds is 2. The lowest BCUT2D eigenvalue weighted by Crippen LogP contribution is -2.35. The zero-order valence-electron chi connectivity index (χ0n) is 11.3. The van der Waals surface area contributed by atoms with Gasteiger partial charge < -0.3 is 16.0 Å². The molecule has 0 aromatic heterocycles. The summed E-state index contributed by atoms with van der Waals surface area (Å²) in [4.78, 5) is 13.9. The van der Waals surface area contributed by atoms with Gasteiger partial charge in [-0.3, -0.25) is 4.79 Å². The summed E-state index contributed by atoms with van der Waals surface area (Å²) in [5.74, 6) is -0.0109. The smallest absolute Gasteiger partial charge is 0.244 e. The van der Waals surface area contributed by atoms with Crippen molar-refractivity contribution < 1.29 is 4.79 Å². The lowest BCUT2D eigenvalue weighted by Gasteiger charge is -2.32. The van der Waals surface area contributed by atoms with Gasteiger partial charge in [0.15, 0.2) is 0 Å². The normalized spacial score (nSPS) is 15.5. The van der Waals surface area contributed by atoms with Gasteiger partial charge in [-0.1, -0.05) is 30.3 Å².